The Morgan fingerprint density at radius 3 is 2.19 bits per heavy atom. The Labute approximate surface area is 156 Å². The lowest BCUT2D eigenvalue weighted by Crippen LogP contribution is -2.48. The number of piperazine rings is 1. The second kappa shape index (κ2) is 7.37. The molecule has 140 valence electrons. The highest BCUT2D eigenvalue weighted by Gasteiger charge is 2.29. The van der Waals surface area contributed by atoms with Crippen molar-refractivity contribution in [1.82, 2.24) is 9.29 Å². The van der Waals surface area contributed by atoms with Crippen LogP contribution in [0.25, 0.3) is 0 Å². The van der Waals surface area contributed by atoms with Crippen molar-refractivity contribution >= 4 is 15.8 Å². The van der Waals surface area contributed by atoms with Gasteiger partial charge in [-0.15, -0.1) is 0 Å². The molecule has 2 heterocycles. The van der Waals surface area contributed by atoms with Gasteiger partial charge in [0.2, 0.25) is 10.0 Å². The maximum absolute atomic E-state index is 13.0. The average Bonchev–Trinajstić information content (AvgIpc) is 2.69. The molecule has 0 amide bonds. The van der Waals surface area contributed by atoms with Crippen molar-refractivity contribution < 1.29 is 8.42 Å². The Hall–Kier alpha value is -1.92. The Balaban J connectivity index is 1.71. The van der Waals surface area contributed by atoms with Gasteiger partial charge in [-0.1, -0.05) is 39.0 Å². The molecule has 1 aliphatic rings. The number of benzene rings is 1. The van der Waals surface area contributed by atoms with E-state index in [0.717, 1.165) is 12.2 Å². The molecular formula is C20H27N3O2S. The summed E-state index contributed by atoms with van der Waals surface area (Å²) in [7, 11) is -3.45. The lowest BCUT2D eigenvalue weighted by atomic mass is 9.82. The maximum Gasteiger partial charge on any atom is 0.243 e. The summed E-state index contributed by atoms with van der Waals surface area (Å²) in [5.74, 6) is 0.899. The summed E-state index contributed by atoms with van der Waals surface area (Å²) < 4.78 is 27.5. The highest BCUT2D eigenvalue weighted by atomic mass is 32.2. The van der Waals surface area contributed by atoms with E-state index in [1.54, 1.807) is 22.6 Å². The monoisotopic (exact) mass is 373 g/mol. The van der Waals surface area contributed by atoms with Crippen LogP contribution >= 0.6 is 0 Å². The Kier molecular flexibility index (Phi) is 5.34. The van der Waals surface area contributed by atoms with Gasteiger partial charge in [0.25, 0.3) is 0 Å². The minimum atomic E-state index is -3.45. The lowest BCUT2D eigenvalue weighted by Gasteiger charge is -2.34. The fourth-order valence-electron chi connectivity index (χ4n) is 3.13. The number of rotatable bonds is 5. The summed E-state index contributed by atoms with van der Waals surface area (Å²) in [6.45, 7) is 8.74. The SMILES string of the molecule is CCC(C)(C)c1ccc(S(=O)(=O)N2CCN(c3ccccn3)CC2)cc1. The van der Waals surface area contributed by atoms with Crippen LogP contribution < -0.4 is 4.90 Å². The third-order valence-corrected chi connectivity index (χ3v) is 7.28. The van der Waals surface area contributed by atoms with Crippen molar-refractivity contribution in [3.63, 3.8) is 0 Å². The molecule has 26 heavy (non-hydrogen) atoms. The molecule has 0 atom stereocenters. The lowest BCUT2D eigenvalue weighted by molar-refractivity contribution is 0.384. The molecule has 0 N–H and O–H groups in total. The third-order valence-electron chi connectivity index (χ3n) is 5.37. The Morgan fingerprint density at radius 1 is 1.00 bits per heavy atom. The first-order valence-corrected chi connectivity index (χ1v) is 10.6. The number of hydrogen-bond acceptors (Lipinski definition) is 4. The summed E-state index contributed by atoms with van der Waals surface area (Å²) in [4.78, 5) is 6.84. The fraction of sp³-hybridized carbons (Fsp3) is 0.450. The predicted molar refractivity (Wildman–Crippen MR) is 105 cm³/mol. The molecule has 3 rings (SSSR count). The van der Waals surface area contributed by atoms with E-state index in [1.165, 1.54) is 5.56 Å². The molecule has 0 saturated carbocycles. The molecule has 0 spiro atoms. The van der Waals surface area contributed by atoms with Gasteiger partial charge in [-0.3, -0.25) is 0 Å². The zero-order chi connectivity index (χ0) is 18.8. The number of pyridine rings is 1. The Bertz CT molecular complexity index is 825. The number of sulfonamides is 1. The summed E-state index contributed by atoms with van der Waals surface area (Å²) in [5.41, 5.74) is 1.22. The van der Waals surface area contributed by atoms with Crippen LogP contribution in [0.4, 0.5) is 5.82 Å². The third kappa shape index (κ3) is 3.76. The van der Waals surface area contributed by atoms with Crippen molar-refractivity contribution in [1.29, 1.82) is 0 Å². The van der Waals surface area contributed by atoms with Crippen molar-refractivity contribution in [3.8, 4) is 0 Å². The molecule has 5 nitrogen and oxygen atoms in total. The smallest absolute Gasteiger partial charge is 0.243 e. The van der Waals surface area contributed by atoms with Gasteiger partial charge in [0, 0.05) is 32.4 Å². The van der Waals surface area contributed by atoms with Crippen LogP contribution in [-0.2, 0) is 15.4 Å². The molecule has 1 aromatic heterocycles. The van der Waals surface area contributed by atoms with Crippen molar-refractivity contribution in [2.75, 3.05) is 31.1 Å². The molecule has 2 aromatic rings. The standard InChI is InChI=1S/C20H27N3O2S/c1-4-20(2,3)17-8-10-18(11-9-17)26(24,25)23-15-13-22(14-16-23)19-7-5-6-12-21-19/h5-12H,4,13-16H2,1-3H3. The average molecular weight is 374 g/mol. The van der Waals surface area contributed by atoms with E-state index < -0.39 is 10.0 Å². The topological polar surface area (TPSA) is 53.5 Å². The predicted octanol–water partition coefficient (Wildman–Crippen LogP) is 3.28. The molecular weight excluding hydrogens is 346 g/mol. The van der Waals surface area contributed by atoms with Crippen LogP contribution in [0, 0.1) is 0 Å². The first-order chi connectivity index (χ1) is 12.3. The molecule has 0 radical (unpaired) electrons. The van der Waals surface area contributed by atoms with Gasteiger partial charge in [0.1, 0.15) is 5.82 Å². The molecule has 0 unspecified atom stereocenters. The normalized spacial score (nSPS) is 16.7. The van der Waals surface area contributed by atoms with Crippen molar-refractivity contribution in [2.24, 2.45) is 0 Å². The minimum absolute atomic E-state index is 0.0522. The quantitative estimate of drug-likeness (QED) is 0.807. The van der Waals surface area contributed by atoms with Crippen LogP contribution in [0.1, 0.15) is 32.8 Å². The largest absolute Gasteiger partial charge is 0.354 e. The van der Waals surface area contributed by atoms with Gasteiger partial charge >= 0.3 is 0 Å². The van der Waals surface area contributed by atoms with Crippen molar-refractivity contribution in [2.45, 2.75) is 37.5 Å². The highest BCUT2D eigenvalue weighted by molar-refractivity contribution is 7.89. The molecule has 1 saturated heterocycles. The van der Waals surface area contributed by atoms with Gasteiger partial charge in [0.15, 0.2) is 0 Å². The van der Waals surface area contributed by atoms with Gasteiger partial charge in [-0.05, 0) is 41.7 Å². The van der Waals surface area contributed by atoms with Gasteiger partial charge in [-0.25, -0.2) is 13.4 Å². The Morgan fingerprint density at radius 2 is 1.65 bits per heavy atom. The number of hydrogen-bond donors (Lipinski definition) is 0. The van der Waals surface area contributed by atoms with Gasteiger partial charge in [-0.2, -0.15) is 4.31 Å². The second-order valence-electron chi connectivity index (χ2n) is 7.34. The van der Waals surface area contributed by atoms with Gasteiger partial charge in [0.05, 0.1) is 4.90 Å². The molecule has 1 fully saturated rings. The van der Waals surface area contributed by atoms with Crippen LogP contribution in [-0.4, -0.2) is 43.9 Å². The van der Waals surface area contributed by atoms with Crippen LogP contribution in [0.2, 0.25) is 0 Å². The van der Waals surface area contributed by atoms with E-state index in [9.17, 15) is 8.42 Å². The van der Waals surface area contributed by atoms with Crippen LogP contribution in [0.5, 0.6) is 0 Å². The number of anilines is 1. The van der Waals surface area contributed by atoms with E-state index in [-0.39, 0.29) is 5.41 Å². The zero-order valence-corrected chi connectivity index (χ0v) is 16.5. The fourth-order valence-corrected chi connectivity index (χ4v) is 4.55. The van der Waals surface area contributed by atoms with Crippen LogP contribution in [0.3, 0.4) is 0 Å². The molecule has 6 heteroatoms. The van der Waals surface area contributed by atoms with E-state index >= 15 is 0 Å². The zero-order valence-electron chi connectivity index (χ0n) is 15.7. The second-order valence-corrected chi connectivity index (χ2v) is 9.28. The van der Waals surface area contributed by atoms with E-state index in [0.29, 0.717) is 31.1 Å². The summed E-state index contributed by atoms with van der Waals surface area (Å²) in [5, 5.41) is 0. The van der Waals surface area contributed by atoms with Crippen molar-refractivity contribution in [3.05, 3.63) is 54.2 Å². The summed E-state index contributed by atoms with van der Waals surface area (Å²) >= 11 is 0. The van der Waals surface area contributed by atoms with E-state index in [1.807, 2.05) is 30.3 Å². The number of nitrogens with zero attached hydrogens (tertiary/aromatic N) is 3. The highest BCUT2D eigenvalue weighted by Crippen LogP contribution is 2.28. The molecule has 0 aliphatic carbocycles. The maximum atomic E-state index is 13.0. The first kappa shape index (κ1) is 18.9. The minimum Gasteiger partial charge on any atom is -0.354 e. The summed E-state index contributed by atoms with van der Waals surface area (Å²) in [6, 6.07) is 13.2. The summed E-state index contributed by atoms with van der Waals surface area (Å²) in [6.07, 6.45) is 2.77. The van der Waals surface area contributed by atoms with E-state index in [2.05, 4.69) is 30.7 Å². The molecule has 0 bridgehead atoms. The molecule has 1 aromatic carbocycles. The molecule has 1 aliphatic heterocycles. The van der Waals surface area contributed by atoms with E-state index in [4.69, 9.17) is 0 Å². The van der Waals surface area contributed by atoms with Gasteiger partial charge < -0.3 is 4.90 Å². The van der Waals surface area contributed by atoms with Crippen LogP contribution in [0.15, 0.2) is 53.6 Å². The first-order valence-electron chi connectivity index (χ1n) is 9.11. The number of aromatic nitrogens is 1.